The molecule has 0 aliphatic heterocycles. The summed E-state index contributed by atoms with van der Waals surface area (Å²) in [7, 11) is 0. The number of para-hydroxylation sites is 1. The van der Waals surface area contributed by atoms with E-state index in [4.69, 9.17) is 16.5 Å². The lowest BCUT2D eigenvalue weighted by atomic mass is 10.1. The zero-order chi connectivity index (χ0) is 21.1. The molecule has 0 radical (unpaired) electrons. The highest BCUT2D eigenvalue weighted by Crippen LogP contribution is 2.29. The van der Waals surface area contributed by atoms with Crippen molar-refractivity contribution in [3.05, 3.63) is 54.1 Å². The number of carbonyl (C=O) groups excluding carboxylic acids is 1. The van der Waals surface area contributed by atoms with Crippen molar-refractivity contribution < 1.29 is 4.79 Å². The largest absolute Gasteiger partial charge is 0.397 e. The predicted octanol–water partition coefficient (Wildman–Crippen LogP) is 4.15. The van der Waals surface area contributed by atoms with E-state index in [-0.39, 0.29) is 5.78 Å². The maximum absolute atomic E-state index is 12.3. The number of hydrogen-bond acceptors (Lipinski definition) is 6. The Bertz CT molecular complexity index is 1200. The van der Waals surface area contributed by atoms with Gasteiger partial charge < -0.3 is 16.0 Å². The number of pyridine rings is 2. The van der Waals surface area contributed by atoms with Gasteiger partial charge in [0, 0.05) is 24.8 Å². The number of benzene rings is 1. The molecule has 0 unspecified atom stereocenters. The van der Waals surface area contributed by atoms with Gasteiger partial charge in [-0.15, -0.1) is 0 Å². The number of imidazole rings is 1. The maximum Gasteiger partial charge on any atom is 0.181 e. The number of nitrogen functional groups attached to an aromatic ring is 2. The van der Waals surface area contributed by atoms with E-state index < -0.39 is 0 Å². The number of aryl methyl sites for hydroxylation is 2. The van der Waals surface area contributed by atoms with Crippen LogP contribution in [0.15, 0.2) is 42.6 Å². The molecule has 0 atom stereocenters. The minimum atomic E-state index is 0.0576. The molecule has 0 fully saturated rings. The predicted molar refractivity (Wildman–Crippen MR) is 120 cm³/mol. The summed E-state index contributed by atoms with van der Waals surface area (Å²) < 4.78 is 2.26. The lowest BCUT2D eigenvalue weighted by molar-refractivity contribution is 0.0974. The van der Waals surface area contributed by atoms with E-state index in [0.717, 1.165) is 60.0 Å². The number of carbonyl (C=O) groups is 1. The topological polar surface area (TPSA) is 113 Å². The zero-order valence-electron chi connectivity index (χ0n) is 17.1. The van der Waals surface area contributed by atoms with Gasteiger partial charge in [0.05, 0.1) is 22.9 Å². The van der Waals surface area contributed by atoms with E-state index in [2.05, 4.69) is 27.5 Å². The first-order valence-electron chi connectivity index (χ1n) is 10.4. The average molecular weight is 403 g/mol. The summed E-state index contributed by atoms with van der Waals surface area (Å²) in [5.41, 5.74) is 15.6. The van der Waals surface area contributed by atoms with Crippen LogP contribution in [0.4, 0.5) is 11.5 Å². The Hall–Kier alpha value is -3.48. The quantitative estimate of drug-likeness (QED) is 0.338. The number of Topliss-reactive ketones (excluding diaryl/α,β-unsaturated/α-hetero) is 1. The van der Waals surface area contributed by atoms with Crippen molar-refractivity contribution in [1.29, 1.82) is 0 Å². The van der Waals surface area contributed by atoms with Crippen molar-refractivity contribution in [2.24, 2.45) is 0 Å². The van der Waals surface area contributed by atoms with Gasteiger partial charge in [-0.2, -0.15) is 0 Å². The number of unbranched alkanes of at least 4 members (excludes halogenated alkanes) is 2. The van der Waals surface area contributed by atoms with Crippen molar-refractivity contribution in [3.8, 4) is 0 Å². The summed E-state index contributed by atoms with van der Waals surface area (Å²) in [6, 6.07) is 11.4. The molecule has 4 N–H and O–H groups in total. The van der Waals surface area contributed by atoms with Crippen LogP contribution in [0, 0.1) is 0 Å². The van der Waals surface area contributed by atoms with Gasteiger partial charge in [0.1, 0.15) is 17.0 Å². The lowest BCUT2D eigenvalue weighted by Gasteiger charge is -2.10. The highest BCUT2D eigenvalue weighted by Gasteiger charge is 2.16. The molecule has 7 heteroatoms. The van der Waals surface area contributed by atoms with Crippen molar-refractivity contribution in [1.82, 2.24) is 19.5 Å². The van der Waals surface area contributed by atoms with Crippen LogP contribution in [-0.4, -0.2) is 25.3 Å². The third-order valence-corrected chi connectivity index (χ3v) is 5.36. The molecular formula is C23H26N6O. The molecule has 0 bridgehead atoms. The van der Waals surface area contributed by atoms with E-state index in [1.165, 1.54) is 6.20 Å². The molecule has 30 heavy (non-hydrogen) atoms. The fourth-order valence-electron chi connectivity index (χ4n) is 3.85. The number of nitrogens with zero attached hydrogens (tertiary/aromatic N) is 4. The Morgan fingerprint density at radius 3 is 2.63 bits per heavy atom. The summed E-state index contributed by atoms with van der Waals surface area (Å²) in [4.78, 5) is 25.6. The minimum absolute atomic E-state index is 0.0576. The minimum Gasteiger partial charge on any atom is -0.397 e. The molecule has 154 valence electrons. The van der Waals surface area contributed by atoms with Crippen molar-refractivity contribution in [3.63, 3.8) is 0 Å². The number of ketones is 1. The van der Waals surface area contributed by atoms with E-state index in [1.807, 2.05) is 18.2 Å². The molecule has 0 saturated carbocycles. The summed E-state index contributed by atoms with van der Waals surface area (Å²) in [6.07, 6.45) is 5.56. The number of rotatable bonds is 8. The highest BCUT2D eigenvalue weighted by molar-refractivity contribution is 6.06. The number of anilines is 2. The summed E-state index contributed by atoms with van der Waals surface area (Å²) in [6.45, 7) is 2.93. The number of nitrogens with two attached hydrogens (primary N) is 2. The SMILES string of the molecule is CCc1nc2c(N)nc3ccccc3c2n1CCCCCC(=O)c1ccc(N)cn1. The molecule has 3 aromatic heterocycles. The van der Waals surface area contributed by atoms with Crippen LogP contribution in [0.1, 0.15) is 48.9 Å². The molecule has 0 spiro atoms. The summed E-state index contributed by atoms with van der Waals surface area (Å²) >= 11 is 0. The van der Waals surface area contributed by atoms with Crippen molar-refractivity contribution in [2.75, 3.05) is 11.5 Å². The van der Waals surface area contributed by atoms with E-state index in [1.54, 1.807) is 12.1 Å². The molecule has 0 saturated heterocycles. The third kappa shape index (κ3) is 3.83. The van der Waals surface area contributed by atoms with E-state index in [0.29, 0.717) is 23.6 Å². The van der Waals surface area contributed by atoms with Crippen LogP contribution in [0.5, 0.6) is 0 Å². The highest BCUT2D eigenvalue weighted by atomic mass is 16.1. The second kappa shape index (κ2) is 8.49. The van der Waals surface area contributed by atoms with Gasteiger partial charge >= 0.3 is 0 Å². The first-order valence-corrected chi connectivity index (χ1v) is 10.4. The summed E-state index contributed by atoms with van der Waals surface area (Å²) in [5, 5.41) is 1.07. The Kier molecular flexibility index (Phi) is 5.61. The molecule has 3 heterocycles. The molecule has 0 aliphatic rings. The van der Waals surface area contributed by atoms with Crippen molar-refractivity contribution >= 4 is 39.2 Å². The number of aromatic nitrogens is 4. The molecule has 0 aliphatic carbocycles. The number of hydrogen-bond donors (Lipinski definition) is 2. The molecule has 1 aromatic carbocycles. The standard InChI is InChI=1S/C23H26N6O/c1-2-20-28-21-22(16-8-5-6-9-17(16)27-23(21)25)29(20)13-7-3-4-10-19(30)18-12-11-15(24)14-26-18/h5-6,8-9,11-12,14H,2-4,7,10,13,24H2,1H3,(H2,25,27). The molecule has 4 aromatic rings. The van der Waals surface area contributed by atoms with Gasteiger partial charge in [-0.05, 0) is 31.0 Å². The van der Waals surface area contributed by atoms with Crippen LogP contribution in [0.25, 0.3) is 21.9 Å². The van der Waals surface area contributed by atoms with Gasteiger partial charge in [-0.1, -0.05) is 31.5 Å². The van der Waals surface area contributed by atoms with Crippen LogP contribution in [-0.2, 0) is 13.0 Å². The van der Waals surface area contributed by atoms with Crippen LogP contribution in [0.3, 0.4) is 0 Å². The van der Waals surface area contributed by atoms with Gasteiger partial charge in [-0.25, -0.2) is 9.97 Å². The monoisotopic (exact) mass is 402 g/mol. The van der Waals surface area contributed by atoms with E-state index in [9.17, 15) is 4.79 Å². The van der Waals surface area contributed by atoms with E-state index >= 15 is 0 Å². The van der Waals surface area contributed by atoms with Gasteiger partial charge in [0.15, 0.2) is 11.6 Å². The first kappa shape index (κ1) is 19.8. The van der Waals surface area contributed by atoms with Crippen molar-refractivity contribution in [2.45, 2.75) is 45.6 Å². The number of fused-ring (bicyclic) bond motifs is 3. The van der Waals surface area contributed by atoms with Crippen LogP contribution < -0.4 is 11.5 Å². The van der Waals surface area contributed by atoms with Gasteiger partial charge in [0.2, 0.25) is 0 Å². The normalized spacial score (nSPS) is 11.4. The maximum atomic E-state index is 12.3. The second-order valence-electron chi connectivity index (χ2n) is 7.46. The Balaban J connectivity index is 1.46. The zero-order valence-corrected chi connectivity index (χ0v) is 17.1. The van der Waals surface area contributed by atoms with Crippen LogP contribution >= 0.6 is 0 Å². The van der Waals surface area contributed by atoms with Crippen LogP contribution in [0.2, 0.25) is 0 Å². The Morgan fingerprint density at radius 2 is 1.87 bits per heavy atom. The average Bonchev–Trinajstić information content (AvgIpc) is 3.13. The lowest BCUT2D eigenvalue weighted by Crippen LogP contribution is -2.05. The first-order chi connectivity index (χ1) is 14.6. The molecule has 4 rings (SSSR count). The summed E-state index contributed by atoms with van der Waals surface area (Å²) in [5.74, 6) is 1.54. The molecule has 0 amide bonds. The van der Waals surface area contributed by atoms with Gasteiger partial charge in [0.25, 0.3) is 0 Å². The Morgan fingerprint density at radius 1 is 1.03 bits per heavy atom. The Labute approximate surface area is 175 Å². The fourth-order valence-corrected chi connectivity index (χ4v) is 3.85. The second-order valence-corrected chi connectivity index (χ2v) is 7.46. The van der Waals surface area contributed by atoms with Gasteiger partial charge in [-0.3, -0.25) is 9.78 Å². The fraction of sp³-hybridized carbons (Fsp3) is 0.304. The molecule has 7 nitrogen and oxygen atoms in total. The third-order valence-electron chi connectivity index (χ3n) is 5.36. The molecular weight excluding hydrogens is 376 g/mol. The smallest absolute Gasteiger partial charge is 0.181 e.